The topological polar surface area (TPSA) is 108 Å². The van der Waals surface area contributed by atoms with Crippen molar-refractivity contribution in [2.24, 2.45) is 0 Å². The molecule has 34 heavy (non-hydrogen) atoms. The van der Waals surface area contributed by atoms with Crippen LogP contribution in [-0.4, -0.2) is 58.7 Å². The first kappa shape index (κ1) is 22.1. The number of sulfone groups is 1. The fraction of sp³-hybridized carbons (Fsp3) is 0.292. The predicted octanol–water partition coefficient (Wildman–Crippen LogP) is 2.54. The SMILES string of the molecule is COc1ccc(-c2cc(C(=O)NCCc3cn4ccccc4n3)nn2C2CCS(=O)(=O)C2)cc1. The number of imidazole rings is 1. The number of hydrogen-bond acceptors (Lipinski definition) is 6. The van der Waals surface area contributed by atoms with Crippen molar-refractivity contribution in [3.8, 4) is 17.0 Å². The van der Waals surface area contributed by atoms with E-state index in [1.807, 2.05) is 59.3 Å². The number of amides is 1. The van der Waals surface area contributed by atoms with E-state index in [1.165, 1.54) is 0 Å². The van der Waals surface area contributed by atoms with Gasteiger partial charge in [0.25, 0.3) is 5.91 Å². The highest BCUT2D eigenvalue weighted by atomic mass is 32.2. The number of aromatic nitrogens is 4. The smallest absolute Gasteiger partial charge is 0.271 e. The highest BCUT2D eigenvalue weighted by molar-refractivity contribution is 7.91. The molecule has 1 amide bonds. The van der Waals surface area contributed by atoms with E-state index in [1.54, 1.807) is 17.9 Å². The Hall–Kier alpha value is -3.66. The van der Waals surface area contributed by atoms with E-state index in [0.29, 0.717) is 30.8 Å². The van der Waals surface area contributed by atoms with Gasteiger partial charge in [-0.1, -0.05) is 6.07 Å². The summed E-state index contributed by atoms with van der Waals surface area (Å²) in [4.78, 5) is 17.4. The van der Waals surface area contributed by atoms with Crippen LogP contribution in [0.4, 0.5) is 0 Å². The van der Waals surface area contributed by atoms with Gasteiger partial charge in [-0.2, -0.15) is 5.10 Å². The maximum Gasteiger partial charge on any atom is 0.271 e. The lowest BCUT2D eigenvalue weighted by Crippen LogP contribution is -2.26. The summed E-state index contributed by atoms with van der Waals surface area (Å²) >= 11 is 0. The summed E-state index contributed by atoms with van der Waals surface area (Å²) < 4.78 is 33.0. The molecule has 0 spiro atoms. The third kappa shape index (κ3) is 4.54. The standard InChI is InChI=1S/C24H25N5O4S/c1-33-20-7-5-17(6-8-20)22-14-21(27-29(22)19-10-13-34(31,32)16-19)24(30)25-11-9-18-15-28-12-3-2-4-23(28)26-18/h2-8,12,14-15,19H,9-11,13,16H2,1H3,(H,25,30). The molecule has 4 aromatic rings. The van der Waals surface area contributed by atoms with Crippen molar-refractivity contribution in [1.29, 1.82) is 0 Å². The number of benzene rings is 1. The van der Waals surface area contributed by atoms with Crippen LogP contribution in [0.3, 0.4) is 0 Å². The molecule has 0 bridgehead atoms. The van der Waals surface area contributed by atoms with E-state index >= 15 is 0 Å². The second-order valence-corrected chi connectivity index (χ2v) is 10.6. The van der Waals surface area contributed by atoms with Crippen LogP contribution in [0.15, 0.2) is 60.9 Å². The summed E-state index contributed by atoms with van der Waals surface area (Å²) in [5.74, 6) is 0.550. The molecule has 4 heterocycles. The van der Waals surface area contributed by atoms with E-state index in [-0.39, 0.29) is 29.1 Å². The minimum atomic E-state index is -3.11. The van der Waals surface area contributed by atoms with Crippen molar-refractivity contribution in [3.63, 3.8) is 0 Å². The van der Waals surface area contributed by atoms with Crippen molar-refractivity contribution in [1.82, 2.24) is 24.5 Å². The summed E-state index contributed by atoms with van der Waals surface area (Å²) in [6.07, 6.45) is 4.93. The highest BCUT2D eigenvalue weighted by Gasteiger charge is 2.32. The van der Waals surface area contributed by atoms with E-state index in [0.717, 1.165) is 16.9 Å². The largest absolute Gasteiger partial charge is 0.497 e. The van der Waals surface area contributed by atoms with Gasteiger partial charge in [-0.15, -0.1) is 0 Å². The van der Waals surface area contributed by atoms with Crippen LogP contribution in [-0.2, 0) is 16.3 Å². The molecular weight excluding hydrogens is 454 g/mol. The Morgan fingerprint density at radius 2 is 2.03 bits per heavy atom. The normalized spacial score (nSPS) is 17.1. The average Bonchev–Trinajstić information content (AvgIpc) is 3.55. The van der Waals surface area contributed by atoms with Gasteiger partial charge in [0.2, 0.25) is 0 Å². The van der Waals surface area contributed by atoms with E-state index in [9.17, 15) is 13.2 Å². The zero-order chi connectivity index (χ0) is 23.7. The van der Waals surface area contributed by atoms with Gasteiger partial charge < -0.3 is 14.5 Å². The number of fused-ring (bicyclic) bond motifs is 1. The van der Waals surface area contributed by atoms with E-state index in [2.05, 4.69) is 15.4 Å². The van der Waals surface area contributed by atoms with Gasteiger partial charge in [0.05, 0.1) is 36.0 Å². The molecule has 1 aromatic carbocycles. The first-order chi connectivity index (χ1) is 16.4. The molecule has 1 aliphatic heterocycles. The van der Waals surface area contributed by atoms with Crippen LogP contribution >= 0.6 is 0 Å². The number of carbonyl (C=O) groups excluding carboxylic acids is 1. The maximum atomic E-state index is 12.9. The molecule has 1 N–H and O–H groups in total. The Morgan fingerprint density at radius 1 is 1.21 bits per heavy atom. The number of ether oxygens (including phenoxy) is 1. The molecule has 0 saturated carbocycles. The van der Waals surface area contributed by atoms with Crippen LogP contribution in [0, 0.1) is 0 Å². The summed E-state index contributed by atoms with van der Waals surface area (Å²) in [7, 11) is -1.52. The van der Waals surface area contributed by atoms with Crippen molar-refractivity contribution >= 4 is 21.4 Å². The third-order valence-corrected chi connectivity index (χ3v) is 7.74. The lowest BCUT2D eigenvalue weighted by molar-refractivity contribution is 0.0948. The van der Waals surface area contributed by atoms with Gasteiger partial charge in [0.15, 0.2) is 15.5 Å². The van der Waals surface area contributed by atoms with Crippen LogP contribution < -0.4 is 10.1 Å². The summed E-state index contributed by atoms with van der Waals surface area (Å²) in [6.45, 7) is 0.408. The Labute approximate surface area is 197 Å². The lowest BCUT2D eigenvalue weighted by Gasteiger charge is -2.13. The van der Waals surface area contributed by atoms with Gasteiger partial charge in [-0.05, 0) is 48.9 Å². The van der Waals surface area contributed by atoms with Gasteiger partial charge in [0.1, 0.15) is 11.4 Å². The zero-order valence-corrected chi connectivity index (χ0v) is 19.5. The van der Waals surface area contributed by atoms with Crippen LogP contribution in [0.2, 0.25) is 0 Å². The number of nitrogens with zero attached hydrogens (tertiary/aromatic N) is 4. The molecule has 1 aliphatic rings. The number of methoxy groups -OCH3 is 1. The summed E-state index contributed by atoms with van der Waals surface area (Å²) in [5, 5.41) is 7.43. The number of rotatable bonds is 7. The second kappa shape index (κ2) is 8.94. The zero-order valence-electron chi connectivity index (χ0n) is 18.7. The van der Waals surface area contributed by atoms with Crippen molar-refractivity contribution in [2.45, 2.75) is 18.9 Å². The molecule has 1 unspecified atom stereocenters. The fourth-order valence-electron chi connectivity index (χ4n) is 4.23. The van der Waals surface area contributed by atoms with Gasteiger partial charge in [-0.25, -0.2) is 13.4 Å². The molecule has 176 valence electrons. The lowest BCUT2D eigenvalue weighted by atomic mass is 10.1. The monoisotopic (exact) mass is 479 g/mol. The number of hydrogen-bond donors (Lipinski definition) is 1. The molecule has 10 heteroatoms. The molecule has 1 saturated heterocycles. The van der Waals surface area contributed by atoms with Crippen LogP contribution in [0.5, 0.6) is 5.75 Å². The number of pyridine rings is 1. The van der Waals surface area contributed by atoms with Gasteiger partial charge in [0, 0.05) is 30.9 Å². The van der Waals surface area contributed by atoms with Crippen LogP contribution in [0.1, 0.15) is 28.6 Å². The van der Waals surface area contributed by atoms with Crippen LogP contribution in [0.25, 0.3) is 16.9 Å². The number of carbonyl (C=O) groups is 1. The van der Waals surface area contributed by atoms with Gasteiger partial charge in [-0.3, -0.25) is 9.48 Å². The number of nitrogens with one attached hydrogen (secondary N) is 1. The Morgan fingerprint density at radius 3 is 2.74 bits per heavy atom. The Kier molecular flexibility index (Phi) is 5.82. The fourth-order valence-corrected chi connectivity index (χ4v) is 5.92. The van der Waals surface area contributed by atoms with Crippen molar-refractivity contribution < 1.29 is 17.9 Å². The Balaban J connectivity index is 1.35. The Bertz CT molecular complexity index is 1410. The minimum absolute atomic E-state index is 0.0206. The average molecular weight is 480 g/mol. The molecule has 5 rings (SSSR count). The van der Waals surface area contributed by atoms with Crippen molar-refractivity contribution in [2.75, 3.05) is 25.2 Å². The highest BCUT2D eigenvalue weighted by Crippen LogP contribution is 2.31. The van der Waals surface area contributed by atoms with Gasteiger partial charge >= 0.3 is 0 Å². The quantitative estimate of drug-likeness (QED) is 0.437. The summed E-state index contributed by atoms with van der Waals surface area (Å²) in [5.41, 5.74) is 3.53. The maximum absolute atomic E-state index is 12.9. The molecule has 1 fully saturated rings. The molecule has 9 nitrogen and oxygen atoms in total. The minimum Gasteiger partial charge on any atom is -0.497 e. The predicted molar refractivity (Wildman–Crippen MR) is 128 cm³/mol. The molecule has 0 radical (unpaired) electrons. The molecular formula is C24H25N5O4S. The van der Waals surface area contributed by atoms with Crippen molar-refractivity contribution in [3.05, 3.63) is 72.3 Å². The molecule has 0 aliphatic carbocycles. The second-order valence-electron chi connectivity index (χ2n) is 8.35. The van der Waals surface area contributed by atoms with E-state index < -0.39 is 9.84 Å². The molecule has 3 aromatic heterocycles. The third-order valence-electron chi connectivity index (χ3n) is 5.99. The van der Waals surface area contributed by atoms with E-state index in [4.69, 9.17) is 4.74 Å². The summed E-state index contributed by atoms with van der Waals surface area (Å²) in [6, 6.07) is 14.6. The molecule has 1 atom stereocenters. The first-order valence-corrected chi connectivity index (χ1v) is 12.9. The first-order valence-electron chi connectivity index (χ1n) is 11.1.